The van der Waals surface area contributed by atoms with Gasteiger partial charge in [-0.1, -0.05) is 33.1 Å². The standard InChI is InChI=1S/C20H35NO4/c1-6-9-19(5)11-14-8-7-10-20(12-14,13-19)15(16(22)23)21-17(24)25-18(2,3)4/h14-15H,6-13H2,1-5H3,(H,21,24)(H,22,23). The number of alkyl carbamates (subject to hydrolysis) is 1. The molecule has 144 valence electrons. The van der Waals surface area contributed by atoms with Gasteiger partial charge in [-0.15, -0.1) is 0 Å². The van der Waals surface area contributed by atoms with E-state index in [1.54, 1.807) is 20.8 Å². The highest BCUT2D eigenvalue weighted by Gasteiger charge is 2.54. The van der Waals surface area contributed by atoms with Crippen LogP contribution in [0.4, 0.5) is 4.79 Å². The van der Waals surface area contributed by atoms with Crippen LogP contribution in [0, 0.1) is 16.7 Å². The summed E-state index contributed by atoms with van der Waals surface area (Å²) < 4.78 is 5.33. The van der Waals surface area contributed by atoms with E-state index in [0.29, 0.717) is 5.92 Å². The maximum atomic E-state index is 12.3. The molecule has 2 rings (SSSR count). The van der Waals surface area contributed by atoms with E-state index in [-0.39, 0.29) is 10.8 Å². The summed E-state index contributed by atoms with van der Waals surface area (Å²) in [6.07, 6.45) is 7.65. The number of amides is 1. The maximum Gasteiger partial charge on any atom is 0.408 e. The predicted octanol–water partition coefficient (Wildman–Crippen LogP) is 4.74. The van der Waals surface area contributed by atoms with E-state index >= 15 is 0 Å². The van der Waals surface area contributed by atoms with Crippen LogP contribution < -0.4 is 5.32 Å². The molecule has 2 fully saturated rings. The van der Waals surface area contributed by atoms with Crippen LogP contribution in [0.1, 0.15) is 86.0 Å². The Balaban J connectivity index is 2.25. The molecule has 5 nitrogen and oxygen atoms in total. The van der Waals surface area contributed by atoms with Crippen LogP contribution in [0.5, 0.6) is 0 Å². The highest BCUT2D eigenvalue weighted by Crippen LogP contribution is 2.58. The second-order valence-electron chi connectivity index (χ2n) is 9.68. The number of hydrogen-bond donors (Lipinski definition) is 2. The number of rotatable bonds is 5. The van der Waals surface area contributed by atoms with Crippen LogP contribution in [0.2, 0.25) is 0 Å². The van der Waals surface area contributed by atoms with E-state index in [1.165, 1.54) is 12.8 Å². The lowest BCUT2D eigenvalue weighted by atomic mass is 9.51. The van der Waals surface area contributed by atoms with Gasteiger partial charge in [-0.2, -0.15) is 0 Å². The average Bonchev–Trinajstić information content (AvgIpc) is 2.41. The van der Waals surface area contributed by atoms with Gasteiger partial charge in [0, 0.05) is 5.41 Å². The van der Waals surface area contributed by atoms with Crippen molar-refractivity contribution in [3.05, 3.63) is 0 Å². The van der Waals surface area contributed by atoms with E-state index in [0.717, 1.165) is 38.5 Å². The third kappa shape index (κ3) is 4.89. The zero-order valence-electron chi connectivity index (χ0n) is 16.5. The second-order valence-corrected chi connectivity index (χ2v) is 9.68. The summed E-state index contributed by atoms with van der Waals surface area (Å²) >= 11 is 0. The summed E-state index contributed by atoms with van der Waals surface area (Å²) in [5.41, 5.74) is -0.821. The topological polar surface area (TPSA) is 75.6 Å². The van der Waals surface area contributed by atoms with Crippen molar-refractivity contribution in [2.75, 3.05) is 0 Å². The van der Waals surface area contributed by atoms with Gasteiger partial charge in [-0.25, -0.2) is 9.59 Å². The van der Waals surface area contributed by atoms with Crippen molar-refractivity contribution in [1.82, 2.24) is 5.32 Å². The average molecular weight is 354 g/mol. The molecule has 0 spiro atoms. The normalized spacial score (nSPS) is 33.4. The number of carbonyl (C=O) groups is 2. The third-order valence-electron chi connectivity index (χ3n) is 5.92. The number of nitrogens with one attached hydrogen (secondary N) is 1. The lowest BCUT2D eigenvalue weighted by molar-refractivity contribution is -0.148. The fourth-order valence-electron chi connectivity index (χ4n) is 5.54. The molecule has 2 bridgehead atoms. The number of carboxylic acid groups (broad SMARTS) is 1. The van der Waals surface area contributed by atoms with E-state index in [2.05, 4.69) is 19.2 Å². The molecule has 4 atom stereocenters. The van der Waals surface area contributed by atoms with Crippen molar-refractivity contribution in [2.45, 2.75) is 97.6 Å². The minimum absolute atomic E-state index is 0.168. The van der Waals surface area contributed by atoms with Crippen molar-refractivity contribution in [2.24, 2.45) is 16.7 Å². The minimum atomic E-state index is -0.938. The summed E-state index contributed by atoms with van der Waals surface area (Å²) in [5.74, 6) is -0.367. The van der Waals surface area contributed by atoms with Crippen molar-refractivity contribution in [3.63, 3.8) is 0 Å². The first-order valence-electron chi connectivity index (χ1n) is 9.71. The molecule has 2 aliphatic rings. The SMILES string of the molecule is CCCC1(C)CC2CCCC(C(NC(=O)OC(C)(C)C)C(=O)O)(C2)C1. The van der Waals surface area contributed by atoms with Gasteiger partial charge >= 0.3 is 12.1 Å². The van der Waals surface area contributed by atoms with Crippen LogP contribution in [0.15, 0.2) is 0 Å². The smallest absolute Gasteiger partial charge is 0.408 e. The van der Waals surface area contributed by atoms with Gasteiger partial charge in [-0.3, -0.25) is 0 Å². The molecule has 0 saturated heterocycles. The summed E-state index contributed by atoms with van der Waals surface area (Å²) in [5, 5.41) is 12.6. The molecule has 0 aliphatic heterocycles. The van der Waals surface area contributed by atoms with Crippen LogP contribution in [-0.2, 0) is 9.53 Å². The van der Waals surface area contributed by atoms with Gasteiger partial charge in [0.15, 0.2) is 0 Å². The van der Waals surface area contributed by atoms with Gasteiger partial charge in [0.1, 0.15) is 11.6 Å². The number of aliphatic carboxylic acids is 1. The molecule has 4 unspecified atom stereocenters. The van der Waals surface area contributed by atoms with Crippen molar-refractivity contribution >= 4 is 12.1 Å². The number of carbonyl (C=O) groups excluding carboxylic acids is 1. The first-order chi connectivity index (χ1) is 11.5. The highest BCUT2D eigenvalue weighted by molar-refractivity contribution is 5.81. The Morgan fingerprint density at radius 3 is 2.56 bits per heavy atom. The van der Waals surface area contributed by atoms with E-state index in [1.807, 2.05) is 0 Å². The lowest BCUT2D eigenvalue weighted by Crippen LogP contribution is -2.58. The fraction of sp³-hybridized carbons (Fsp3) is 0.900. The molecule has 0 aromatic rings. The van der Waals surface area contributed by atoms with Crippen LogP contribution in [0.25, 0.3) is 0 Å². The first-order valence-corrected chi connectivity index (χ1v) is 9.71. The highest BCUT2D eigenvalue weighted by atomic mass is 16.6. The minimum Gasteiger partial charge on any atom is -0.480 e. The molecule has 2 N–H and O–H groups in total. The van der Waals surface area contributed by atoms with Crippen molar-refractivity contribution < 1.29 is 19.4 Å². The molecular formula is C20H35NO4. The van der Waals surface area contributed by atoms with E-state index in [9.17, 15) is 14.7 Å². The Kier molecular flexibility index (Phi) is 5.75. The third-order valence-corrected chi connectivity index (χ3v) is 5.92. The number of carboxylic acids is 1. The molecule has 0 aromatic heterocycles. The molecule has 2 saturated carbocycles. The largest absolute Gasteiger partial charge is 0.480 e. The van der Waals surface area contributed by atoms with Crippen molar-refractivity contribution in [1.29, 1.82) is 0 Å². The van der Waals surface area contributed by atoms with Gasteiger partial charge in [0.25, 0.3) is 0 Å². The second kappa shape index (κ2) is 7.16. The van der Waals surface area contributed by atoms with Crippen LogP contribution >= 0.6 is 0 Å². The Bertz CT molecular complexity index is 512. The zero-order chi connectivity index (χ0) is 18.9. The predicted molar refractivity (Wildman–Crippen MR) is 97.4 cm³/mol. The van der Waals surface area contributed by atoms with Gasteiger partial charge in [-0.05, 0) is 64.2 Å². The quantitative estimate of drug-likeness (QED) is 0.748. The molecule has 0 radical (unpaired) electrons. The Hall–Kier alpha value is -1.26. The first kappa shape index (κ1) is 20.1. The summed E-state index contributed by atoms with van der Waals surface area (Å²) in [6, 6.07) is -0.873. The van der Waals surface area contributed by atoms with Crippen LogP contribution in [0.3, 0.4) is 0 Å². The van der Waals surface area contributed by atoms with Gasteiger partial charge in [0.05, 0.1) is 0 Å². The van der Waals surface area contributed by atoms with Gasteiger partial charge in [0.2, 0.25) is 0 Å². The summed E-state index contributed by atoms with van der Waals surface area (Å²) in [7, 11) is 0. The van der Waals surface area contributed by atoms with Crippen LogP contribution in [-0.4, -0.2) is 28.8 Å². The molecule has 5 heteroatoms. The molecule has 0 aromatic carbocycles. The molecule has 1 amide bonds. The Labute approximate surface area is 151 Å². The van der Waals surface area contributed by atoms with E-state index < -0.39 is 23.7 Å². The monoisotopic (exact) mass is 353 g/mol. The zero-order valence-corrected chi connectivity index (χ0v) is 16.5. The Morgan fingerprint density at radius 1 is 1.32 bits per heavy atom. The molecule has 25 heavy (non-hydrogen) atoms. The molecule has 2 aliphatic carbocycles. The van der Waals surface area contributed by atoms with Crippen molar-refractivity contribution in [3.8, 4) is 0 Å². The summed E-state index contributed by atoms with van der Waals surface area (Å²) in [6.45, 7) is 9.85. The molecule has 0 heterocycles. The number of hydrogen-bond acceptors (Lipinski definition) is 3. The maximum absolute atomic E-state index is 12.3. The van der Waals surface area contributed by atoms with E-state index in [4.69, 9.17) is 4.74 Å². The molecular weight excluding hydrogens is 318 g/mol. The lowest BCUT2D eigenvalue weighted by Gasteiger charge is -2.55. The fourth-order valence-corrected chi connectivity index (χ4v) is 5.54. The van der Waals surface area contributed by atoms with Gasteiger partial charge < -0.3 is 15.2 Å². The number of fused-ring (bicyclic) bond motifs is 2. The Morgan fingerprint density at radius 2 is 2.00 bits per heavy atom. The number of ether oxygens (including phenoxy) is 1. The summed E-state index contributed by atoms with van der Waals surface area (Å²) in [4.78, 5) is 24.4.